The van der Waals surface area contributed by atoms with Gasteiger partial charge in [-0.15, -0.1) is 0 Å². The molecule has 0 aliphatic carbocycles. The molecule has 0 amide bonds. The maximum atomic E-state index is 9.71. The number of rotatable bonds is 4. The highest BCUT2D eigenvalue weighted by Gasteiger charge is 2.02. The first-order valence-electron chi connectivity index (χ1n) is 5.67. The third-order valence-corrected chi connectivity index (χ3v) is 3.74. The van der Waals surface area contributed by atoms with Crippen molar-refractivity contribution >= 4 is 11.3 Å². The number of hydrogen-bond acceptors (Lipinski definition) is 3. The number of nitrogens with one attached hydrogen (secondary N) is 1. The third-order valence-electron chi connectivity index (χ3n) is 2.83. The van der Waals surface area contributed by atoms with E-state index >= 15 is 0 Å². The van der Waals surface area contributed by atoms with Crippen LogP contribution in [0.5, 0.6) is 5.75 Å². The van der Waals surface area contributed by atoms with E-state index in [4.69, 9.17) is 0 Å². The molecule has 2 N–H and O–H groups in total. The van der Waals surface area contributed by atoms with Crippen LogP contribution in [-0.2, 0) is 13.1 Å². The molecule has 3 heteroatoms. The molecule has 1 heterocycles. The predicted octanol–water partition coefficient (Wildman–Crippen LogP) is 3.36. The van der Waals surface area contributed by atoms with Crippen LogP contribution in [0, 0.1) is 13.8 Å². The Hall–Kier alpha value is -1.32. The van der Waals surface area contributed by atoms with E-state index in [1.807, 2.05) is 19.1 Å². The average Bonchev–Trinajstić information content (AvgIpc) is 2.70. The summed E-state index contributed by atoms with van der Waals surface area (Å²) in [4.78, 5) is 0. The fourth-order valence-electron chi connectivity index (χ4n) is 1.76. The van der Waals surface area contributed by atoms with Crippen LogP contribution in [-0.4, -0.2) is 5.11 Å². The Balaban J connectivity index is 1.94. The van der Waals surface area contributed by atoms with E-state index < -0.39 is 0 Å². The van der Waals surface area contributed by atoms with Crippen LogP contribution in [0.1, 0.15) is 22.3 Å². The number of aryl methyl sites for hydroxylation is 2. The molecule has 0 saturated carbocycles. The highest BCUT2D eigenvalue weighted by molar-refractivity contribution is 7.08. The van der Waals surface area contributed by atoms with Gasteiger partial charge in [-0.2, -0.15) is 11.3 Å². The molecule has 1 aromatic carbocycles. The number of hydrogen-bond donors (Lipinski definition) is 2. The second-order valence-corrected chi connectivity index (χ2v) is 5.06. The Morgan fingerprint density at radius 2 is 1.88 bits per heavy atom. The summed E-state index contributed by atoms with van der Waals surface area (Å²) < 4.78 is 0. The molecule has 0 bridgehead atoms. The molecule has 90 valence electrons. The fraction of sp³-hybridized carbons (Fsp3) is 0.286. The summed E-state index contributed by atoms with van der Waals surface area (Å²) in [6.45, 7) is 5.70. The smallest absolute Gasteiger partial charge is 0.120 e. The first kappa shape index (κ1) is 12.1. The fourth-order valence-corrected chi connectivity index (χ4v) is 2.61. The minimum Gasteiger partial charge on any atom is -0.508 e. The summed E-state index contributed by atoms with van der Waals surface area (Å²) >= 11 is 1.73. The lowest BCUT2D eigenvalue weighted by atomic mass is 10.1. The van der Waals surface area contributed by atoms with Crippen molar-refractivity contribution in [3.05, 3.63) is 51.2 Å². The van der Waals surface area contributed by atoms with Crippen LogP contribution in [0.15, 0.2) is 29.0 Å². The molecular weight excluding hydrogens is 230 g/mol. The molecule has 17 heavy (non-hydrogen) atoms. The van der Waals surface area contributed by atoms with Crippen LogP contribution in [0.4, 0.5) is 0 Å². The van der Waals surface area contributed by atoms with E-state index in [0.29, 0.717) is 12.3 Å². The highest BCUT2D eigenvalue weighted by Crippen LogP contribution is 2.18. The third kappa shape index (κ3) is 3.08. The summed E-state index contributed by atoms with van der Waals surface area (Å²) in [5, 5.41) is 17.4. The van der Waals surface area contributed by atoms with Gasteiger partial charge in [-0.05, 0) is 41.8 Å². The van der Waals surface area contributed by atoms with E-state index in [2.05, 4.69) is 23.0 Å². The van der Waals surface area contributed by atoms with E-state index in [1.165, 1.54) is 16.7 Å². The van der Waals surface area contributed by atoms with Crippen molar-refractivity contribution in [2.75, 3.05) is 0 Å². The molecule has 0 spiro atoms. The molecule has 2 nitrogen and oxygen atoms in total. The molecule has 0 unspecified atom stereocenters. The number of aromatic hydroxyl groups is 1. The zero-order valence-electron chi connectivity index (χ0n) is 10.2. The summed E-state index contributed by atoms with van der Waals surface area (Å²) in [5.74, 6) is 0.366. The molecule has 0 saturated heterocycles. The van der Waals surface area contributed by atoms with Gasteiger partial charge in [0.2, 0.25) is 0 Å². The van der Waals surface area contributed by atoms with Crippen LogP contribution < -0.4 is 5.32 Å². The van der Waals surface area contributed by atoms with Crippen LogP contribution in [0.25, 0.3) is 0 Å². The van der Waals surface area contributed by atoms with Gasteiger partial charge in [-0.1, -0.05) is 17.7 Å². The minimum atomic E-state index is 0.366. The quantitative estimate of drug-likeness (QED) is 0.868. The Bertz CT molecular complexity index is 505. The monoisotopic (exact) mass is 247 g/mol. The molecule has 0 aliphatic heterocycles. The van der Waals surface area contributed by atoms with Gasteiger partial charge >= 0.3 is 0 Å². The van der Waals surface area contributed by atoms with Crippen molar-refractivity contribution in [3.8, 4) is 5.75 Å². The van der Waals surface area contributed by atoms with Crippen molar-refractivity contribution in [1.29, 1.82) is 0 Å². The zero-order valence-corrected chi connectivity index (χ0v) is 11.0. The largest absolute Gasteiger partial charge is 0.508 e. The number of thiophene rings is 1. The van der Waals surface area contributed by atoms with Crippen molar-refractivity contribution in [2.45, 2.75) is 26.9 Å². The zero-order chi connectivity index (χ0) is 12.3. The SMILES string of the molecule is Cc1ccc(O)c(CNCc2cscc2C)c1. The molecule has 0 radical (unpaired) electrons. The second kappa shape index (κ2) is 5.34. The minimum absolute atomic E-state index is 0.366. The average molecular weight is 247 g/mol. The van der Waals surface area contributed by atoms with Gasteiger partial charge < -0.3 is 10.4 Å². The van der Waals surface area contributed by atoms with Crippen LogP contribution >= 0.6 is 11.3 Å². The van der Waals surface area contributed by atoms with Gasteiger partial charge in [0.25, 0.3) is 0 Å². The summed E-state index contributed by atoms with van der Waals surface area (Å²) in [6, 6.07) is 5.69. The van der Waals surface area contributed by atoms with Crippen LogP contribution in [0.2, 0.25) is 0 Å². The molecule has 2 aromatic rings. The standard InChI is InChI=1S/C14H17NOS/c1-10-3-4-14(16)12(5-10)6-15-7-13-9-17-8-11(13)2/h3-5,8-9,15-16H,6-7H2,1-2H3. The molecule has 2 rings (SSSR count). The van der Waals surface area contributed by atoms with E-state index in [1.54, 1.807) is 17.4 Å². The molecule has 0 fully saturated rings. The van der Waals surface area contributed by atoms with Gasteiger partial charge in [0.15, 0.2) is 0 Å². The van der Waals surface area contributed by atoms with Gasteiger partial charge in [0.1, 0.15) is 5.75 Å². The summed E-state index contributed by atoms with van der Waals surface area (Å²) in [7, 11) is 0. The van der Waals surface area contributed by atoms with Gasteiger partial charge in [-0.3, -0.25) is 0 Å². The predicted molar refractivity (Wildman–Crippen MR) is 72.4 cm³/mol. The highest BCUT2D eigenvalue weighted by atomic mass is 32.1. The second-order valence-electron chi connectivity index (χ2n) is 4.32. The number of phenols is 1. The van der Waals surface area contributed by atoms with Gasteiger partial charge in [-0.25, -0.2) is 0 Å². The van der Waals surface area contributed by atoms with E-state index in [-0.39, 0.29) is 0 Å². The maximum absolute atomic E-state index is 9.71. The topological polar surface area (TPSA) is 32.3 Å². The van der Waals surface area contributed by atoms with Crippen molar-refractivity contribution < 1.29 is 5.11 Å². The van der Waals surface area contributed by atoms with E-state index in [0.717, 1.165) is 12.1 Å². The number of phenolic OH excluding ortho intramolecular Hbond substituents is 1. The Labute approximate surface area is 106 Å². The molecular formula is C14H17NOS. The molecule has 0 atom stereocenters. The van der Waals surface area contributed by atoms with Gasteiger partial charge in [0, 0.05) is 18.7 Å². The van der Waals surface area contributed by atoms with Crippen molar-refractivity contribution in [3.63, 3.8) is 0 Å². The lowest BCUT2D eigenvalue weighted by Crippen LogP contribution is -2.13. The van der Waals surface area contributed by atoms with Crippen molar-refractivity contribution in [1.82, 2.24) is 5.32 Å². The lowest BCUT2D eigenvalue weighted by Gasteiger charge is -2.07. The normalized spacial score (nSPS) is 10.7. The van der Waals surface area contributed by atoms with Crippen molar-refractivity contribution in [2.24, 2.45) is 0 Å². The Morgan fingerprint density at radius 1 is 1.12 bits per heavy atom. The Morgan fingerprint density at radius 3 is 2.59 bits per heavy atom. The summed E-state index contributed by atoms with van der Waals surface area (Å²) in [5.41, 5.74) is 4.79. The lowest BCUT2D eigenvalue weighted by molar-refractivity contribution is 0.464. The van der Waals surface area contributed by atoms with Crippen LogP contribution in [0.3, 0.4) is 0 Å². The molecule has 0 aliphatic rings. The first-order valence-corrected chi connectivity index (χ1v) is 6.62. The summed E-state index contributed by atoms with van der Waals surface area (Å²) in [6.07, 6.45) is 0. The first-order chi connectivity index (χ1) is 8.16. The Kier molecular flexibility index (Phi) is 3.82. The number of benzene rings is 1. The molecule has 1 aromatic heterocycles. The maximum Gasteiger partial charge on any atom is 0.120 e. The van der Waals surface area contributed by atoms with Gasteiger partial charge in [0.05, 0.1) is 0 Å². The van der Waals surface area contributed by atoms with E-state index in [9.17, 15) is 5.11 Å².